The normalized spacial score (nSPS) is 19.6. The molecule has 1 rings (SSSR count). The predicted octanol–water partition coefficient (Wildman–Crippen LogP) is 3.03. The highest BCUT2D eigenvalue weighted by atomic mass is 16.5. The fourth-order valence-electron chi connectivity index (χ4n) is 2.20. The summed E-state index contributed by atoms with van der Waals surface area (Å²) in [6, 6.07) is 0. The molecule has 0 heterocycles. The van der Waals surface area contributed by atoms with Gasteiger partial charge in [-0.15, -0.1) is 0 Å². The third kappa shape index (κ3) is 3.71. The molecule has 1 aliphatic carbocycles. The summed E-state index contributed by atoms with van der Waals surface area (Å²) in [5, 5.41) is 10.0. The number of hydrogen-bond acceptors (Lipinski definition) is 2. The average molecular weight is 210 g/mol. The summed E-state index contributed by atoms with van der Waals surface area (Å²) in [5.74, 6) is 1.03. The van der Waals surface area contributed by atoms with E-state index in [1.165, 1.54) is 19.3 Å². The van der Waals surface area contributed by atoms with Crippen LogP contribution in [0.3, 0.4) is 0 Å². The number of aliphatic hydroxyl groups is 1. The van der Waals surface area contributed by atoms with Crippen molar-refractivity contribution in [3.05, 3.63) is 24.5 Å². The second kappa shape index (κ2) is 5.96. The van der Waals surface area contributed by atoms with Crippen molar-refractivity contribution in [2.45, 2.75) is 44.6 Å². The van der Waals surface area contributed by atoms with Gasteiger partial charge in [-0.05, 0) is 24.3 Å². The van der Waals surface area contributed by atoms with Crippen LogP contribution in [0.1, 0.15) is 38.5 Å². The minimum absolute atomic E-state index is 0.273. The van der Waals surface area contributed by atoms with Crippen LogP contribution in [0.2, 0.25) is 0 Å². The van der Waals surface area contributed by atoms with Crippen LogP contribution < -0.4 is 0 Å². The van der Waals surface area contributed by atoms with Crippen LogP contribution in [0.15, 0.2) is 24.5 Å². The van der Waals surface area contributed by atoms with Crippen LogP contribution in [0.5, 0.6) is 0 Å². The summed E-state index contributed by atoms with van der Waals surface area (Å²) in [4.78, 5) is 0. The highest BCUT2D eigenvalue weighted by Crippen LogP contribution is 2.29. The average Bonchev–Trinajstić information content (AvgIpc) is 2.29. The Morgan fingerprint density at radius 1 is 1.33 bits per heavy atom. The smallest absolute Gasteiger partial charge is 0.114 e. The van der Waals surface area contributed by atoms with Gasteiger partial charge in [-0.25, -0.2) is 0 Å². The van der Waals surface area contributed by atoms with Gasteiger partial charge in [0.1, 0.15) is 5.76 Å². The first-order valence-electron chi connectivity index (χ1n) is 5.74. The number of methoxy groups -OCH3 is 1. The highest BCUT2D eigenvalue weighted by Gasteiger charge is 2.22. The van der Waals surface area contributed by atoms with E-state index in [9.17, 15) is 5.11 Å². The number of rotatable bonds is 5. The molecule has 0 aliphatic heterocycles. The minimum atomic E-state index is -0.273. The first-order valence-corrected chi connectivity index (χ1v) is 5.74. The molecule has 0 saturated heterocycles. The Balaban J connectivity index is 2.36. The van der Waals surface area contributed by atoms with Crippen molar-refractivity contribution in [1.29, 1.82) is 0 Å². The molecule has 1 saturated carbocycles. The van der Waals surface area contributed by atoms with E-state index < -0.39 is 0 Å². The summed E-state index contributed by atoms with van der Waals surface area (Å²) >= 11 is 0. The fourth-order valence-corrected chi connectivity index (χ4v) is 2.20. The van der Waals surface area contributed by atoms with Gasteiger partial charge in [0.05, 0.1) is 13.2 Å². The van der Waals surface area contributed by atoms with Gasteiger partial charge in [-0.2, -0.15) is 0 Å². The van der Waals surface area contributed by atoms with Crippen molar-refractivity contribution in [3.63, 3.8) is 0 Å². The lowest BCUT2D eigenvalue weighted by Gasteiger charge is -2.27. The molecular formula is C13H22O2. The monoisotopic (exact) mass is 210 g/mol. The Bertz CT molecular complexity index is 227. The molecule has 1 aliphatic rings. The number of allylic oxidation sites excluding steroid dienone is 1. The van der Waals surface area contributed by atoms with Gasteiger partial charge >= 0.3 is 0 Å². The molecule has 1 unspecified atom stereocenters. The van der Waals surface area contributed by atoms with Crippen molar-refractivity contribution in [2.24, 2.45) is 5.92 Å². The molecule has 0 bridgehead atoms. The topological polar surface area (TPSA) is 29.5 Å². The molecule has 1 fully saturated rings. The van der Waals surface area contributed by atoms with Gasteiger partial charge in [0.15, 0.2) is 0 Å². The van der Waals surface area contributed by atoms with Crippen LogP contribution in [0.4, 0.5) is 0 Å². The van der Waals surface area contributed by atoms with Crippen LogP contribution in [0, 0.1) is 5.92 Å². The van der Waals surface area contributed by atoms with E-state index in [0.717, 1.165) is 18.4 Å². The number of ether oxygens (including phenoxy) is 1. The highest BCUT2D eigenvalue weighted by molar-refractivity contribution is 5.19. The zero-order chi connectivity index (χ0) is 11.3. The second-order valence-electron chi connectivity index (χ2n) is 4.40. The first-order chi connectivity index (χ1) is 7.15. The SMILES string of the molecule is C=C(CC(O)C1CCCCC1)C(=C)OC. The summed E-state index contributed by atoms with van der Waals surface area (Å²) in [6.07, 6.45) is 6.43. The Kier molecular flexibility index (Phi) is 4.89. The maximum absolute atomic E-state index is 10.0. The molecule has 0 radical (unpaired) electrons. The Morgan fingerprint density at radius 2 is 1.93 bits per heavy atom. The van der Waals surface area contributed by atoms with Gasteiger partial charge in [0, 0.05) is 6.42 Å². The molecule has 2 nitrogen and oxygen atoms in total. The molecule has 1 atom stereocenters. The fraction of sp³-hybridized carbons (Fsp3) is 0.692. The molecule has 0 aromatic heterocycles. The van der Waals surface area contributed by atoms with E-state index in [4.69, 9.17) is 4.74 Å². The van der Waals surface area contributed by atoms with Crippen molar-refractivity contribution in [1.82, 2.24) is 0 Å². The summed E-state index contributed by atoms with van der Waals surface area (Å²) < 4.78 is 5.00. The molecule has 0 aromatic rings. The van der Waals surface area contributed by atoms with Crippen molar-refractivity contribution >= 4 is 0 Å². The molecule has 86 valence electrons. The molecular weight excluding hydrogens is 188 g/mol. The Labute approximate surface area is 92.6 Å². The van der Waals surface area contributed by atoms with Gasteiger partial charge < -0.3 is 9.84 Å². The quantitative estimate of drug-likeness (QED) is 0.558. The van der Waals surface area contributed by atoms with Crippen molar-refractivity contribution in [3.8, 4) is 0 Å². The van der Waals surface area contributed by atoms with Gasteiger partial charge in [-0.3, -0.25) is 0 Å². The Morgan fingerprint density at radius 3 is 2.47 bits per heavy atom. The van der Waals surface area contributed by atoms with Crippen molar-refractivity contribution in [2.75, 3.05) is 7.11 Å². The summed E-state index contributed by atoms with van der Waals surface area (Å²) in [5.41, 5.74) is 0.815. The van der Waals surface area contributed by atoms with Crippen molar-refractivity contribution < 1.29 is 9.84 Å². The van der Waals surface area contributed by atoms with Crippen LogP contribution in [-0.2, 0) is 4.74 Å². The zero-order valence-electron chi connectivity index (χ0n) is 9.67. The van der Waals surface area contributed by atoms with E-state index in [2.05, 4.69) is 13.2 Å². The van der Waals surface area contributed by atoms with Crippen LogP contribution in [0.25, 0.3) is 0 Å². The third-order valence-electron chi connectivity index (χ3n) is 3.29. The molecule has 1 N–H and O–H groups in total. The molecule has 2 heteroatoms. The lowest BCUT2D eigenvalue weighted by Crippen LogP contribution is -2.23. The summed E-state index contributed by atoms with van der Waals surface area (Å²) in [6.45, 7) is 7.61. The molecule has 0 amide bonds. The minimum Gasteiger partial charge on any atom is -0.497 e. The lowest BCUT2D eigenvalue weighted by atomic mass is 9.83. The van der Waals surface area contributed by atoms with Crippen LogP contribution in [-0.4, -0.2) is 18.3 Å². The maximum Gasteiger partial charge on any atom is 0.114 e. The standard InChI is InChI=1S/C13H22O2/c1-10(11(2)15-3)9-13(14)12-7-5-4-6-8-12/h12-14H,1-2,4-9H2,3H3. The lowest BCUT2D eigenvalue weighted by molar-refractivity contribution is 0.0839. The number of aliphatic hydroxyl groups excluding tert-OH is 1. The molecule has 0 aromatic carbocycles. The molecule has 0 spiro atoms. The summed E-state index contributed by atoms with van der Waals surface area (Å²) in [7, 11) is 1.58. The van der Waals surface area contributed by atoms with E-state index in [1.54, 1.807) is 7.11 Å². The van der Waals surface area contributed by atoms with E-state index in [1.807, 2.05) is 0 Å². The second-order valence-corrected chi connectivity index (χ2v) is 4.40. The van der Waals surface area contributed by atoms with Gasteiger partial charge in [0.25, 0.3) is 0 Å². The maximum atomic E-state index is 10.0. The van der Waals surface area contributed by atoms with E-state index in [-0.39, 0.29) is 6.10 Å². The third-order valence-corrected chi connectivity index (χ3v) is 3.29. The Hall–Kier alpha value is -0.760. The largest absolute Gasteiger partial charge is 0.497 e. The van der Waals surface area contributed by atoms with Gasteiger partial charge in [0.2, 0.25) is 0 Å². The zero-order valence-corrected chi connectivity index (χ0v) is 9.67. The van der Waals surface area contributed by atoms with Crippen LogP contribution >= 0.6 is 0 Å². The first kappa shape index (κ1) is 12.3. The molecule has 15 heavy (non-hydrogen) atoms. The predicted molar refractivity (Wildman–Crippen MR) is 62.5 cm³/mol. The van der Waals surface area contributed by atoms with Gasteiger partial charge in [-0.1, -0.05) is 32.4 Å². The number of hydrogen-bond donors (Lipinski definition) is 1. The van der Waals surface area contributed by atoms with E-state index >= 15 is 0 Å². The van der Waals surface area contributed by atoms with E-state index in [0.29, 0.717) is 18.1 Å².